The molecule has 2 rings (SSSR count). The predicted octanol–water partition coefficient (Wildman–Crippen LogP) is 3.64. The molecule has 3 nitrogen and oxygen atoms in total. The van der Waals surface area contributed by atoms with Crippen LogP contribution in [-0.2, 0) is 5.41 Å². The molecule has 3 heteroatoms. The maximum absolute atomic E-state index is 6.08. The van der Waals surface area contributed by atoms with E-state index in [0.29, 0.717) is 5.69 Å². The Hall–Kier alpha value is -1.90. The van der Waals surface area contributed by atoms with Gasteiger partial charge in [-0.15, -0.1) is 0 Å². The quantitative estimate of drug-likeness (QED) is 0.846. The molecule has 0 bridgehead atoms. The van der Waals surface area contributed by atoms with E-state index in [9.17, 15) is 0 Å². The van der Waals surface area contributed by atoms with E-state index in [4.69, 9.17) is 5.73 Å². The van der Waals surface area contributed by atoms with Gasteiger partial charge in [0.05, 0.1) is 17.1 Å². The van der Waals surface area contributed by atoms with E-state index in [1.165, 1.54) is 5.56 Å². The van der Waals surface area contributed by atoms with Crippen molar-refractivity contribution in [2.75, 3.05) is 5.73 Å². The van der Waals surface area contributed by atoms with Gasteiger partial charge in [-0.3, -0.25) is 0 Å². The summed E-state index contributed by atoms with van der Waals surface area (Å²) in [6, 6.07) is 8.44. The Morgan fingerprint density at radius 3 is 2.05 bits per heavy atom. The highest BCUT2D eigenvalue weighted by Crippen LogP contribution is 2.28. The van der Waals surface area contributed by atoms with Gasteiger partial charge in [0.25, 0.3) is 0 Å². The highest BCUT2D eigenvalue weighted by molar-refractivity contribution is 5.74. The Morgan fingerprint density at radius 2 is 1.53 bits per heavy atom. The van der Waals surface area contributed by atoms with Crippen molar-refractivity contribution in [3.05, 3.63) is 41.3 Å². The van der Waals surface area contributed by atoms with E-state index in [0.717, 1.165) is 22.8 Å². The molecule has 0 saturated heterocycles. The molecule has 2 aromatic rings. The van der Waals surface area contributed by atoms with E-state index in [1.54, 1.807) is 0 Å². The third-order valence-electron chi connectivity index (χ3n) is 3.27. The van der Waals surface area contributed by atoms with E-state index in [2.05, 4.69) is 55.0 Å². The van der Waals surface area contributed by atoms with Gasteiger partial charge >= 0.3 is 0 Å². The molecular weight excluding hydrogens is 234 g/mol. The molecule has 19 heavy (non-hydrogen) atoms. The Bertz CT molecular complexity index is 593. The number of nitrogen functional groups attached to an aromatic ring is 1. The fourth-order valence-electron chi connectivity index (χ4n) is 2.07. The lowest BCUT2D eigenvalue weighted by molar-refractivity contribution is 0.590. The van der Waals surface area contributed by atoms with Crippen molar-refractivity contribution >= 4 is 5.69 Å². The van der Waals surface area contributed by atoms with Crippen LogP contribution in [0.5, 0.6) is 0 Å². The average molecular weight is 255 g/mol. The molecule has 2 N–H and O–H groups in total. The lowest BCUT2D eigenvalue weighted by Gasteiger charge is -2.19. The van der Waals surface area contributed by atoms with E-state index in [1.807, 2.05) is 13.8 Å². The van der Waals surface area contributed by atoms with Crippen molar-refractivity contribution in [3.63, 3.8) is 0 Å². The lowest BCUT2D eigenvalue weighted by Crippen LogP contribution is -2.10. The van der Waals surface area contributed by atoms with Crippen LogP contribution in [0.25, 0.3) is 11.3 Å². The zero-order valence-electron chi connectivity index (χ0n) is 12.3. The van der Waals surface area contributed by atoms with Gasteiger partial charge in [-0.1, -0.05) is 45.0 Å². The minimum Gasteiger partial charge on any atom is -0.395 e. The van der Waals surface area contributed by atoms with Gasteiger partial charge in [-0.25, -0.2) is 9.97 Å². The maximum Gasteiger partial charge on any atom is 0.126 e. The zero-order chi connectivity index (χ0) is 14.2. The second-order valence-electron chi connectivity index (χ2n) is 5.95. The third kappa shape index (κ3) is 2.75. The standard InChI is InChI=1S/C16H21N3/c1-10-14(17)15(19-11(2)18-10)12-6-8-13(9-7-12)16(3,4)5/h6-9H,17H2,1-5H3. The van der Waals surface area contributed by atoms with Crippen LogP contribution in [0.4, 0.5) is 5.69 Å². The normalized spacial score (nSPS) is 11.6. The second-order valence-corrected chi connectivity index (χ2v) is 5.95. The second kappa shape index (κ2) is 4.65. The average Bonchev–Trinajstić information content (AvgIpc) is 2.33. The Balaban J connectivity index is 2.49. The molecule has 1 aromatic heterocycles. The number of hydrogen-bond acceptors (Lipinski definition) is 3. The molecule has 0 aliphatic rings. The Kier molecular flexibility index (Phi) is 3.31. The van der Waals surface area contributed by atoms with Crippen LogP contribution in [0, 0.1) is 13.8 Å². The van der Waals surface area contributed by atoms with Crippen LogP contribution in [0.1, 0.15) is 37.9 Å². The first kappa shape index (κ1) is 13.5. The molecule has 0 unspecified atom stereocenters. The van der Waals surface area contributed by atoms with E-state index >= 15 is 0 Å². The topological polar surface area (TPSA) is 51.8 Å². The Morgan fingerprint density at radius 1 is 0.947 bits per heavy atom. The van der Waals surface area contributed by atoms with Gasteiger partial charge in [0.1, 0.15) is 5.82 Å². The van der Waals surface area contributed by atoms with Gasteiger partial charge in [-0.05, 0) is 24.8 Å². The van der Waals surface area contributed by atoms with Crippen LogP contribution in [0.15, 0.2) is 24.3 Å². The van der Waals surface area contributed by atoms with Crippen molar-refractivity contribution < 1.29 is 0 Å². The summed E-state index contributed by atoms with van der Waals surface area (Å²) in [5.41, 5.74) is 10.9. The van der Waals surface area contributed by atoms with Crippen LogP contribution >= 0.6 is 0 Å². The highest BCUT2D eigenvalue weighted by atomic mass is 14.9. The molecule has 0 spiro atoms. The van der Waals surface area contributed by atoms with Crippen molar-refractivity contribution in [3.8, 4) is 11.3 Å². The molecule has 0 amide bonds. The maximum atomic E-state index is 6.08. The number of nitrogens with two attached hydrogens (primary N) is 1. The summed E-state index contributed by atoms with van der Waals surface area (Å²) in [6.07, 6.45) is 0. The Labute approximate surface area is 114 Å². The van der Waals surface area contributed by atoms with Crippen LogP contribution < -0.4 is 5.73 Å². The summed E-state index contributed by atoms with van der Waals surface area (Å²) >= 11 is 0. The molecule has 0 fully saturated rings. The third-order valence-corrected chi connectivity index (χ3v) is 3.27. The summed E-state index contributed by atoms with van der Waals surface area (Å²) in [5.74, 6) is 0.751. The lowest BCUT2D eigenvalue weighted by atomic mass is 9.86. The molecule has 0 radical (unpaired) electrons. The smallest absolute Gasteiger partial charge is 0.126 e. The number of anilines is 1. The molecule has 100 valence electrons. The minimum atomic E-state index is 0.154. The van der Waals surface area contributed by atoms with Crippen molar-refractivity contribution in [2.24, 2.45) is 0 Å². The number of rotatable bonds is 1. The van der Waals surface area contributed by atoms with Crippen molar-refractivity contribution in [1.82, 2.24) is 9.97 Å². The molecule has 0 aliphatic heterocycles. The number of aryl methyl sites for hydroxylation is 2. The van der Waals surface area contributed by atoms with Crippen molar-refractivity contribution in [1.29, 1.82) is 0 Å². The predicted molar refractivity (Wildman–Crippen MR) is 80.1 cm³/mol. The van der Waals surface area contributed by atoms with E-state index < -0.39 is 0 Å². The first-order valence-corrected chi connectivity index (χ1v) is 6.50. The SMILES string of the molecule is Cc1nc(C)c(N)c(-c2ccc(C(C)(C)C)cc2)n1. The largest absolute Gasteiger partial charge is 0.395 e. The number of benzene rings is 1. The number of hydrogen-bond donors (Lipinski definition) is 1. The van der Waals surface area contributed by atoms with E-state index in [-0.39, 0.29) is 5.41 Å². The van der Waals surface area contributed by atoms with Gasteiger partial charge in [0.2, 0.25) is 0 Å². The summed E-state index contributed by atoms with van der Waals surface area (Å²) < 4.78 is 0. The number of aromatic nitrogens is 2. The molecular formula is C16H21N3. The van der Waals surface area contributed by atoms with Gasteiger partial charge in [-0.2, -0.15) is 0 Å². The fourth-order valence-corrected chi connectivity index (χ4v) is 2.07. The minimum absolute atomic E-state index is 0.154. The molecule has 0 atom stereocenters. The fraction of sp³-hybridized carbons (Fsp3) is 0.375. The van der Waals surface area contributed by atoms with Gasteiger partial charge < -0.3 is 5.73 Å². The van der Waals surface area contributed by atoms with Crippen LogP contribution in [0.3, 0.4) is 0 Å². The first-order valence-electron chi connectivity index (χ1n) is 6.50. The summed E-state index contributed by atoms with van der Waals surface area (Å²) in [6.45, 7) is 10.4. The van der Waals surface area contributed by atoms with Crippen LogP contribution in [-0.4, -0.2) is 9.97 Å². The summed E-state index contributed by atoms with van der Waals surface area (Å²) in [5, 5.41) is 0. The molecule has 1 heterocycles. The summed E-state index contributed by atoms with van der Waals surface area (Å²) in [7, 11) is 0. The molecule has 0 aliphatic carbocycles. The molecule has 1 aromatic carbocycles. The monoisotopic (exact) mass is 255 g/mol. The van der Waals surface area contributed by atoms with Crippen molar-refractivity contribution in [2.45, 2.75) is 40.0 Å². The summed E-state index contributed by atoms with van der Waals surface area (Å²) in [4.78, 5) is 8.74. The zero-order valence-corrected chi connectivity index (χ0v) is 12.3. The highest BCUT2D eigenvalue weighted by Gasteiger charge is 2.14. The van der Waals surface area contributed by atoms with Gasteiger partial charge in [0.15, 0.2) is 0 Å². The number of nitrogens with zero attached hydrogens (tertiary/aromatic N) is 2. The van der Waals surface area contributed by atoms with Gasteiger partial charge in [0, 0.05) is 5.56 Å². The first-order chi connectivity index (χ1) is 8.79. The van der Waals surface area contributed by atoms with Crippen LogP contribution in [0.2, 0.25) is 0 Å². The molecule has 0 saturated carbocycles.